The molecule has 0 fully saturated rings. The zero-order valence-electron chi connectivity index (χ0n) is 20.7. The SMILES string of the molecule is CN(CC(c1ccc(OC(=O)c2cc(F)c(F)c(F)c2F)cc1)c1nccn1C(=O)O)C(=O)OC(C)(C)C. The van der Waals surface area contributed by atoms with E-state index < -0.39 is 58.5 Å². The first-order valence-electron chi connectivity index (χ1n) is 11.1. The lowest BCUT2D eigenvalue weighted by Crippen LogP contribution is -2.37. The molecule has 1 unspecified atom stereocenters. The van der Waals surface area contributed by atoms with Gasteiger partial charge in [0.25, 0.3) is 0 Å². The Balaban J connectivity index is 1.89. The van der Waals surface area contributed by atoms with Crippen LogP contribution in [0.25, 0.3) is 0 Å². The van der Waals surface area contributed by atoms with Gasteiger partial charge >= 0.3 is 18.2 Å². The van der Waals surface area contributed by atoms with E-state index in [0.717, 1.165) is 4.57 Å². The number of imidazole rings is 1. The number of amides is 1. The van der Waals surface area contributed by atoms with Gasteiger partial charge in [-0.25, -0.2) is 41.5 Å². The van der Waals surface area contributed by atoms with E-state index in [1.807, 2.05) is 0 Å². The van der Waals surface area contributed by atoms with E-state index in [-0.39, 0.29) is 24.2 Å². The molecule has 0 aliphatic heterocycles. The highest BCUT2D eigenvalue weighted by Crippen LogP contribution is 2.28. The predicted molar refractivity (Wildman–Crippen MR) is 124 cm³/mol. The number of carbonyl (C=O) groups excluding carboxylic acids is 2. The topological polar surface area (TPSA) is 111 Å². The molecule has 1 N–H and O–H groups in total. The van der Waals surface area contributed by atoms with Crippen molar-refractivity contribution in [2.45, 2.75) is 32.3 Å². The fourth-order valence-electron chi connectivity index (χ4n) is 3.41. The van der Waals surface area contributed by atoms with Crippen LogP contribution in [-0.2, 0) is 4.74 Å². The summed E-state index contributed by atoms with van der Waals surface area (Å²) >= 11 is 0. The molecule has 3 rings (SSSR count). The van der Waals surface area contributed by atoms with Crippen molar-refractivity contribution in [2.75, 3.05) is 13.6 Å². The zero-order chi connectivity index (χ0) is 28.4. The number of hydrogen-bond donors (Lipinski definition) is 1. The van der Waals surface area contributed by atoms with Crippen molar-refractivity contribution in [3.8, 4) is 5.75 Å². The summed E-state index contributed by atoms with van der Waals surface area (Å²) in [7, 11) is 1.46. The summed E-state index contributed by atoms with van der Waals surface area (Å²) in [6.45, 7) is 5.01. The van der Waals surface area contributed by atoms with Gasteiger partial charge in [-0.2, -0.15) is 0 Å². The molecule has 202 valence electrons. The number of carbonyl (C=O) groups is 3. The molecule has 1 heterocycles. The first-order valence-corrected chi connectivity index (χ1v) is 11.1. The summed E-state index contributed by atoms with van der Waals surface area (Å²) in [6, 6.07) is 5.56. The maximum atomic E-state index is 13.9. The van der Waals surface area contributed by atoms with E-state index in [2.05, 4.69) is 4.98 Å². The Morgan fingerprint density at radius 1 is 1.05 bits per heavy atom. The van der Waals surface area contributed by atoms with E-state index in [4.69, 9.17) is 9.47 Å². The summed E-state index contributed by atoms with van der Waals surface area (Å²) in [5.74, 6) is -10.2. The second-order valence-corrected chi connectivity index (χ2v) is 9.16. The van der Waals surface area contributed by atoms with Crippen LogP contribution in [-0.4, -0.2) is 56.9 Å². The highest BCUT2D eigenvalue weighted by atomic mass is 19.2. The number of likely N-dealkylation sites (N-methyl/N-ethyl adjacent to an activating group) is 1. The van der Waals surface area contributed by atoms with Crippen molar-refractivity contribution in [1.82, 2.24) is 14.5 Å². The minimum absolute atomic E-state index is 0.0579. The minimum Gasteiger partial charge on any atom is -0.464 e. The Labute approximate surface area is 214 Å². The van der Waals surface area contributed by atoms with Crippen LogP contribution in [0.5, 0.6) is 5.75 Å². The van der Waals surface area contributed by atoms with Crippen LogP contribution in [0, 0.1) is 23.3 Å². The molecular weight excluding hydrogens is 514 g/mol. The van der Waals surface area contributed by atoms with Gasteiger partial charge in [-0.15, -0.1) is 0 Å². The molecule has 0 spiro atoms. The molecule has 1 atom stereocenters. The molecule has 3 aromatic rings. The third kappa shape index (κ3) is 6.28. The molecule has 2 aromatic carbocycles. The predicted octanol–water partition coefficient (Wildman–Crippen LogP) is 5.18. The first-order chi connectivity index (χ1) is 17.7. The summed E-state index contributed by atoms with van der Waals surface area (Å²) < 4.78 is 65.2. The number of hydrogen-bond acceptors (Lipinski definition) is 6. The second kappa shape index (κ2) is 10.9. The lowest BCUT2D eigenvalue weighted by Gasteiger charge is -2.27. The molecule has 0 aliphatic carbocycles. The molecule has 13 heteroatoms. The average molecular weight is 537 g/mol. The van der Waals surface area contributed by atoms with Gasteiger partial charge in [0.1, 0.15) is 22.7 Å². The maximum absolute atomic E-state index is 13.9. The Morgan fingerprint density at radius 2 is 1.68 bits per heavy atom. The van der Waals surface area contributed by atoms with Crippen LogP contribution in [0.15, 0.2) is 42.7 Å². The fourth-order valence-corrected chi connectivity index (χ4v) is 3.41. The molecular formula is C25H23F4N3O6. The highest BCUT2D eigenvalue weighted by molar-refractivity contribution is 5.91. The van der Waals surface area contributed by atoms with E-state index in [1.165, 1.54) is 48.6 Å². The van der Waals surface area contributed by atoms with Gasteiger partial charge in [0.05, 0.1) is 5.92 Å². The van der Waals surface area contributed by atoms with Crippen molar-refractivity contribution in [3.63, 3.8) is 0 Å². The monoisotopic (exact) mass is 537 g/mol. The lowest BCUT2D eigenvalue weighted by atomic mass is 9.97. The number of esters is 1. The van der Waals surface area contributed by atoms with Crippen LogP contribution in [0.2, 0.25) is 0 Å². The molecule has 1 aromatic heterocycles. The normalized spacial score (nSPS) is 12.1. The van der Waals surface area contributed by atoms with Crippen LogP contribution in [0.3, 0.4) is 0 Å². The van der Waals surface area contributed by atoms with E-state index >= 15 is 0 Å². The van der Waals surface area contributed by atoms with Gasteiger partial charge < -0.3 is 19.5 Å². The van der Waals surface area contributed by atoms with Crippen molar-refractivity contribution < 1.29 is 46.5 Å². The largest absolute Gasteiger partial charge is 0.464 e. The van der Waals surface area contributed by atoms with Crippen molar-refractivity contribution in [1.29, 1.82) is 0 Å². The van der Waals surface area contributed by atoms with Gasteiger partial charge in [0, 0.05) is 26.0 Å². The van der Waals surface area contributed by atoms with Gasteiger partial charge in [0.15, 0.2) is 23.3 Å². The molecule has 0 bridgehead atoms. The smallest absolute Gasteiger partial charge is 0.417 e. The summed E-state index contributed by atoms with van der Waals surface area (Å²) in [4.78, 5) is 41.8. The van der Waals surface area contributed by atoms with Crippen LogP contribution in [0.4, 0.5) is 27.2 Å². The molecule has 38 heavy (non-hydrogen) atoms. The van der Waals surface area contributed by atoms with Gasteiger partial charge in [-0.1, -0.05) is 12.1 Å². The van der Waals surface area contributed by atoms with Gasteiger partial charge in [-0.05, 0) is 44.5 Å². The van der Waals surface area contributed by atoms with Crippen LogP contribution in [0.1, 0.15) is 48.4 Å². The Hall–Kier alpha value is -4.42. The molecule has 0 aliphatic rings. The van der Waals surface area contributed by atoms with E-state index in [9.17, 15) is 37.1 Å². The number of ether oxygens (including phenoxy) is 2. The van der Waals surface area contributed by atoms with E-state index in [1.54, 1.807) is 20.8 Å². The van der Waals surface area contributed by atoms with Gasteiger partial charge in [0.2, 0.25) is 0 Å². The highest BCUT2D eigenvalue weighted by Gasteiger charge is 2.28. The van der Waals surface area contributed by atoms with Crippen molar-refractivity contribution >= 4 is 18.2 Å². The molecule has 9 nitrogen and oxygen atoms in total. The van der Waals surface area contributed by atoms with Crippen LogP contribution >= 0.6 is 0 Å². The molecule has 0 saturated carbocycles. The summed E-state index contributed by atoms with van der Waals surface area (Å²) in [5.41, 5.74) is -1.48. The summed E-state index contributed by atoms with van der Waals surface area (Å²) in [5, 5.41) is 9.53. The van der Waals surface area contributed by atoms with Crippen LogP contribution < -0.4 is 4.74 Å². The standard InChI is InChI=1S/C25H23F4N3O6/c1-25(2,3)38-24(36)31(4)12-16(21-30-9-10-32(21)23(34)35)13-5-7-14(8-6-13)37-22(33)15-11-17(26)19(28)20(29)18(15)27/h5-11,16H,12H2,1-4H3,(H,34,35). The molecule has 0 saturated heterocycles. The zero-order valence-corrected chi connectivity index (χ0v) is 20.7. The number of nitrogens with zero attached hydrogens (tertiary/aromatic N) is 3. The Bertz CT molecular complexity index is 1370. The van der Waals surface area contributed by atoms with Gasteiger partial charge in [-0.3, -0.25) is 0 Å². The number of halogens is 4. The van der Waals surface area contributed by atoms with Crippen molar-refractivity contribution in [2.24, 2.45) is 0 Å². The van der Waals surface area contributed by atoms with Crippen molar-refractivity contribution in [3.05, 3.63) is 82.9 Å². The summed E-state index contributed by atoms with van der Waals surface area (Å²) in [6.07, 6.45) is 0.523. The quantitative estimate of drug-likeness (QED) is 0.152. The maximum Gasteiger partial charge on any atom is 0.417 e. The number of aromatic nitrogens is 2. The van der Waals surface area contributed by atoms with E-state index in [0.29, 0.717) is 5.56 Å². The first kappa shape index (κ1) is 28.2. The average Bonchev–Trinajstić information content (AvgIpc) is 3.33. The third-order valence-electron chi connectivity index (χ3n) is 5.16. The second-order valence-electron chi connectivity index (χ2n) is 9.16. The minimum atomic E-state index is -2.15. The number of rotatable bonds is 6. The lowest BCUT2D eigenvalue weighted by molar-refractivity contribution is 0.0292. The number of carboxylic acid groups (broad SMARTS) is 1. The molecule has 1 amide bonds. The Morgan fingerprint density at radius 3 is 2.26 bits per heavy atom. The fraction of sp³-hybridized carbons (Fsp3) is 0.280. The number of benzene rings is 2. The molecule has 0 radical (unpaired) electrons. The Kier molecular flexibility index (Phi) is 8.08. The third-order valence-corrected chi connectivity index (χ3v) is 5.16.